The number of allylic oxidation sites excluding steroid dienone is 4. The van der Waals surface area contributed by atoms with Crippen LogP contribution < -0.4 is 0 Å². The Bertz CT molecular complexity index is 1040. The van der Waals surface area contributed by atoms with Crippen LogP contribution in [-0.4, -0.2) is 5.49 Å². The van der Waals surface area contributed by atoms with Crippen LogP contribution in [0.1, 0.15) is 73.9 Å². The fraction of sp³-hybridized carbons (Fsp3) is 0.429. The van der Waals surface area contributed by atoms with Gasteiger partial charge in [0.15, 0.2) is 0 Å². The zero-order chi connectivity index (χ0) is 21.8. The topological polar surface area (TPSA) is 0 Å². The minimum atomic E-state index is -2.08. The van der Waals surface area contributed by atoms with Gasteiger partial charge in [0.05, 0.1) is 0 Å². The van der Waals surface area contributed by atoms with Crippen LogP contribution in [0.3, 0.4) is 0 Å². The first-order chi connectivity index (χ1) is 14.0. The van der Waals surface area contributed by atoms with E-state index in [1.807, 2.05) is 3.33 Å². The number of hydrogen-bond donors (Lipinski definition) is 0. The summed E-state index contributed by atoms with van der Waals surface area (Å²) in [6.45, 7) is 19.3. The SMILES string of the molecule is C[Si](C)=[Hf]([C]1=CC=CC1)[CH]1c2cc(C(C)(C)C)ccc2-c2ccc(C(C)(C)C)cc21.Cl.Cl. The molecule has 0 heterocycles. The molecular formula is C28H38Cl2HfSi. The molecular weight excluding hydrogens is 614 g/mol. The third-order valence-corrected chi connectivity index (χ3v) is 32.5. The van der Waals surface area contributed by atoms with E-state index in [9.17, 15) is 0 Å². The molecule has 0 saturated carbocycles. The van der Waals surface area contributed by atoms with Gasteiger partial charge in [-0.15, -0.1) is 24.8 Å². The Morgan fingerprint density at radius 1 is 0.781 bits per heavy atom. The molecule has 0 atom stereocenters. The molecule has 4 rings (SSSR count). The molecule has 0 saturated heterocycles. The van der Waals surface area contributed by atoms with E-state index >= 15 is 0 Å². The number of hydrogen-bond acceptors (Lipinski definition) is 0. The van der Waals surface area contributed by atoms with E-state index in [-0.39, 0.29) is 41.1 Å². The molecule has 0 fully saturated rings. The molecule has 2 aromatic rings. The maximum absolute atomic E-state index is 2.60. The van der Waals surface area contributed by atoms with Crippen LogP contribution in [-0.2, 0) is 30.9 Å². The first kappa shape index (κ1) is 27.8. The van der Waals surface area contributed by atoms with E-state index < -0.39 is 20.1 Å². The molecule has 0 nitrogen and oxygen atoms in total. The van der Waals surface area contributed by atoms with Crippen molar-refractivity contribution in [1.29, 1.82) is 0 Å². The predicted octanol–water partition coefficient (Wildman–Crippen LogP) is 8.91. The van der Waals surface area contributed by atoms with Crippen molar-refractivity contribution in [3.05, 3.63) is 80.2 Å². The molecule has 172 valence electrons. The van der Waals surface area contributed by atoms with Crippen molar-refractivity contribution < 1.29 is 20.1 Å². The second-order valence-electron chi connectivity index (χ2n) is 11.3. The summed E-state index contributed by atoms with van der Waals surface area (Å²) >= 11 is -2.08. The van der Waals surface area contributed by atoms with E-state index in [1.54, 1.807) is 11.1 Å². The normalized spacial score (nSPS) is 14.8. The molecule has 0 aromatic heterocycles. The van der Waals surface area contributed by atoms with Crippen LogP contribution in [0.15, 0.2) is 58.0 Å². The Labute approximate surface area is 215 Å². The molecule has 0 bridgehead atoms. The summed E-state index contributed by atoms with van der Waals surface area (Å²) < 4.78 is 2.55. The molecule has 0 radical (unpaired) electrons. The van der Waals surface area contributed by atoms with Gasteiger partial charge in [-0.3, -0.25) is 0 Å². The minimum absolute atomic E-state index is 0. The van der Waals surface area contributed by atoms with Crippen molar-refractivity contribution in [2.24, 2.45) is 0 Å². The Kier molecular flexibility index (Phi) is 8.75. The van der Waals surface area contributed by atoms with Gasteiger partial charge in [-0.1, -0.05) is 0 Å². The van der Waals surface area contributed by atoms with Crippen LogP contribution in [0, 0.1) is 0 Å². The van der Waals surface area contributed by atoms with Crippen molar-refractivity contribution in [1.82, 2.24) is 0 Å². The van der Waals surface area contributed by atoms with Crippen LogP contribution in [0.25, 0.3) is 11.1 Å². The van der Waals surface area contributed by atoms with E-state index in [0.29, 0.717) is 3.67 Å². The monoisotopic (exact) mass is 652 g/mol. The van der Waals surface area contributed by atoms with Crippen molar-refractivity contribution in [3.8, 4) is 11.1 Å². The zero-order valence-electron chi connectivity index (χ0n) is 20.8. The maximum atomic E-state index is 2.60. The van der Waals surface area contributed by atoms with Crippen LogP contribution >= 0.6 is 24.8 Å². The van der Waals surface area contributed by atoms with E-state index in [2.05, 4.69) is 109 Å². The summed E-state index contributed by atoms with van der Waals surface area (Å²) in [6, 6.07) is 14.8. The Morgan fingerprint density at radius 3 is 1.59 bits per heavy atom. The minimum Gasteiger partial charge on any atom is -0.147 e. The van der Waals surface area contributed by atoms with Gasteiger partial charge in [0.1, 0.15) is 0 Å². The molecule has 0 spiro atoms. The number of halogens is 2. The molecule has 0 amide bonds. The third-order valence-electron chi connectivity index (χ3n) is 6.69. The fourth-order valence-electron chi connectivity index (χ4n) is 4.95. The van der Waals surface area contributed by atoms with Gasteiger partial charge in [0.2, 0.25) is 0 Å². The van der Waals surface area contributed by atoms with Gasteiger partial charge >= 0.3 is 192 Å². The zero-order valence-corrected chi connectivity index (χ0v) is 27.0. The molecule has 2 aromatic carbocycles. The number of fused-ring (bicyclic) bond motifs is 3. The quantitative estimate of drug-likeness (QED) is 0.285. The maximum Gasteiger partial charge on any atom is -0.147 e. The van der Waals surface area contributed by atoms with Gasteiger partial charge in [0, 0.05) is 0 Å². The smallest absolute Gasteiger partial charge is 0.147 e. The summed E-state index contributed by atoms with van der Waals surface area (Å²) in [5, 5.41) is 0. The fourth-order valence-corrected chi connectivity index (χ4v) is 30.9. The van der Waals surface area contributed by atoms with E-state index in [0.717, 1.165) is 0 Å². The Hall–Kier alpha value is -0.413. The van der Waals surface area contributed by atoms with Crippen LogP contribution in [0.4, 0.5) is 0 Å². The molecule has 4 heteroatoms. The van der Waals surface area contributed by atoms with Crippen molar-refractivity contribution in [2.45, 2.75) is 75.6 Å². The average Bonchev–Trinajstić information content (AvgIpc) is 3.27. The third kappa shape index (κ3) is 5.14. The Balaban J connectivity index is 0.00000181. The number of benzene rings is 2. The first-order valence-corrected chi connectivity index (χ1v) is 23.1. The van der Waals surface area contributed by atoms with Crippen molar-refractivity contribution >= 4 is 30.3 Å². The summed E-state index contributed by atoms with van der Waals surface area (Å²) in [5.74, 6) is 0. The predicted molar refractivity (Wildman–Crippen MR) is 145 cm³/mol. The molecule has 0 aliphatic heterocycles. The van der Waals surface area contributed by atoms with E-state index in [4.69, 9.17) is 0 Å². The summed E-state index contributed by atoms with van der Waals surface area (Å²) in [6.07, 6.45) is 8.42. The van der Waals surface area contributed by atoms with Crippen molar-refractivity contribution in [2.75, 3.05) is 0 Å². The van der Waals surface area contributed by atoms with Gasteiger partial charge in [0.25, 0.3) is 0 Å². The van der Waals surface area contributed by atoms with Gasteiger partial charge in [-0.25, -0.2) is 0 Å². The van der Waals surface area contributed by atoms with Gasteiger partial charge in [-0.05, 0) is 0 Å². The van der Waals surface area contributed by atoms with Gasteiger partial charge in [-0.2, -0.15) is 0 Å². The standard InChI is InChI=1S/C21H25.C5H5.C2H6Si.2ClH.Hf/c1-20(2,3)16-7-9-18-14(12-16)11-15-13-17(21(4,5)6)8-10-19(15)18;1-2-4-5-3-1;1-3-2;;;/h7-13H,1-6H3;1-3H,4H2;1-2H3;2*1H;. The van der Waals surface area contributed by atoms with Gasteiger partial charge < -0.3 is 0 Å². The van der Waals surface area contributed by atoms with E-state index in [1.165, 1.54) is 28.7 Å². The summed E-state index contributed by atoms with van der Waals surface area (Å²) in [5.41, 5.74) is 9.39. The molecule has 2 aliphatic carbocycles. The van der Waals surface area contributed by atoms with Crippen LogP contribution in [0.5, 0.6) is 0 Å². The summed E-state index contributed by atoms with van der Waals surface area (Å²) in [4.78, 5) is 0. The van der Waals surface area contributed by atoms with Crippen molar-refractivity contribution in [3.63, 3.8) is 0 Å². The summed E-state index contributed by atoms with van der Waals surface area (Å²) in [7, 11) is 0. The van der Waals surface area contributed by atoms with Crippen LogP contribution in [0.2, 0.25) is 13.1 Å². The molecule has 0 N–H and O–H groups in total. The molecule has 0 unspecified atom stereocenters. The second-order valence-corrected chi connectivity index (χ2v) is 35.8. The number of rotatable bonds is 2. The average molecular weight is 652 g/mol. The molecule has 32 heavy (non-hydrogen) atoms. The Morgan fingerprint density at radius 2 is 1.25 bits per heavy atom. The second kappa shape index (κ2) is 10.1. The molecule has 2 aliphatic rings. The first-order valence-electron chi connectivity index (χ1n) is 11.3. The largest absolute Gasteiger partial charge is 0.147 e.